The van der Waals surface area contributed by atoms with Crippen LogP contribution >= 0.6 is 12.4 Å². The number of nitrogens with two attached hydrogens (primary N) is 1. The zero-order valence-corrected chi connectivity index (χ0v) is 9.80. The van der Waals surface area contributed by atoms with E-state index in [2.05, 4.69) is 6.07 Å². The lowest BCUT2D eigenvalue weighted by Gasteiger charge is -2.32. The maximum atomic E-state index is 6.20. The van der Waals surface area contributed by atoms with Gasteiger partial charge in [-0.2, -0.15) is 0 Å². The predicted molar refractivity (Wildman–Crippen MR) is 64.5 cm³/mol. The topological polar surface area (TPSA) is 35.2 Å². The summed E-state index contributed by atoms with van der Waals surface area (Å²) in [6.07, 6.45) is 3.85. The Morgan fingerprint density at radius 3 is 2.53 bits per heavy atom. The minimum absolute atomic E-state index is 0. The van der Waals surface area contributed by atoms with Crippen molar-refractivity contribution < 1.29 is 4.74 Å². The van der Waals surface area contributed by atoms with Crippen LogP contribution in [0.5, 0.6) is 5.75 Å². The zero-order valence-electron chi connectivity index (χ0n) is 8.98. The number of ether oxygens (including phenoxy) is 1. The van der Waals surface area contributed by atoms with Crippen LogP contribution in [0.15, 0.2) is 24.3 Å². The van der Waals surface area contributed by atoms with Gasteiger partial charge in [-0.25, -0.2) is 0 Å². The first-order valence-electron chi connectivity index (χ1n) is 5.21. The number of benzene rings is 1. The smallest absolute Gasteiger partial charge is 0.123 e. The third-order valence-corrected chi connectivity index (χ3v) is 3.16. The van der Waals surface area contributed by atoms with E-state index < -0.39 is 0 Å². The Morgan fingerprint density at radius 2 is 2.00 bits per heavy atom. The van der Waals surface area contributed by atoms with Crippen molar-refractivity contribution in [2.24, 2.45) is 11.7 Å². The van der Waals surface area contributed by atoms with E-state index in [1.807, 2.05) is 18.2 Å². The molecule has 0 heterocycles. The van der Waals surface area contributed by atoms with Gasteiger partial charge in [-0.15, -0.1) is 12.4 Å². The first-order chi connectivity index (χ1) is 6.83. The second kappa shape index (κ2) is 5.38. The van der Waals surface area contributed by atoms with Crippen LogP contribution in [0.25, 0.3) is 0 Å². The fourth-order valence-corrected chi connectivity index (χ4v) is 1.99. The van der Waals surface area contributed by atoms with Crippen LogP contribution < -0.4 is 10.5 Å². The normalized spacial score (nSPS) is 17.5. The van der Waals surface area contributed by atoms with Crippen LogP contribution in [0, 0.1) is 5.92 Å². The maximum Gasteiger partial charge on any atom is 0.123 e. The molecule has 2 rings (SSSR count). The molecule has 1 atom stereocenters. The van der Waals surface area contributed by atoms with Crippen molar-refractivity contribution in [2.45, 2.75) is 25.3 Å². The summed E-state index contributed by atoms with van der Waals surface area (Å²) in [6.45, 7) is 0. The number of methoxy groups -OCH3 is 1. The zero-order chi connectivity index (χ0) is 9.97. The fourth-order valence-electron chi connectivity index (χ4n) is 1.99. The summed E-state index contributed by atoms with van der Waals surface area (Å²) in [5.41, 5.74) is 7.35. The quantitative estimate of drug-likeness (QED) is 0.862. The third kappa shape index (κ3) is 2.44. The molecular weight excluding hydrogens is 210 g/mol. The van der Waals surface area contributed by atoms with E-state index in [0.717, 1.165) is 11.3 Å². The third-order valence-electron chi connectivity index (χ3n) is 3.16. The van der Waals surface area contributed by atoms with Crippen LogP contribution in [-0.2, 0) is 0 Å². The monoisotopic (exact) mass is 227 g/mol. The predicted octanol–water partition coefficient (Wildman–Crippen LogP) is 2.92. The van der Waals surface area contributed by atoms with E-state index in [0.29, 0.717) is 5.92 Å². The summed E-state index contributed by atoms with van der Waals surface area (Å²) < 4.78 is 5.31. The van der Waals surface area contributed by atoms with Crippen molar-refractivity contribution in [1.82, 2.24) is 0 Å². The van der Waals surface area contributed by atoms with Crippen molar-refractivity contribution >= 4 is 12.4 Å². The Morgan fingerprint density at radius 1 is 1.33 bits per heavy atom. The summed E-state index contributed by atoms with van der Waals surface area (Å²) in [7, 11) is 1.70. The van der Waals surface area contributed by atoms with Gasteiger partial charge in [0.2, 0.25) is 0 Å². The molecule has 2 N–H and O–H groups in total. The molecule has 1 fully saturated rings. The van der Waals surface area contributed by atoms with Gasteiger partial charge in [-0.05, 0) is 24.8 Å². The molecule has 2 nitrogen and oxygen atoms in total. The largest absolute Gasteiger partial charge is 0.496 e. The second-order valence-electron chi connectivity index (χ2n) is 3.96. The minimum atomic E-state index is 0. The molecule has 0 aliphatic heterocycles. The van der Waals surface area contributed by atoms with Crippen molar-refractivity contribution in [3.8, 4) is 5.75 Å². The van der Waals surface area contributed by atoms with E-state index >= 15 is 0 Å². The Kier molecular flexibility index (Phi) is 4.43. The second-order valence-corrected chi connectivity index (χ2v) is 3.96. The Labute approximate surface area is 97.2 Å². The molecule has 1 aliphatic carbocycles. The number of rotatable bonds is 3. The molecule has 15 heavy (non-hydrogen) atoms. The molecular formula is C12H18ClNO. The van der Waals surface area contributed by atoms with Crippen LogP contribution in [0.4, 0.5) is 0 Å². The van der Waals surface area contributed by atoms with Gasteiger partial charge in [0.05, 0.1) is 7.11 Å². The number of halogens is 1. The Bertz CT molecular complexity index is 312. The highest BCUT2D eigenvalue weighted by Crippen LogP contribution is 2.38. The Hall–Kier alpha value is -0.730. The van der Waals surface area contributed by atoms with Gasteiger partial charge in [0, 0.05) is 11.6 Å². The van der Waals surface area contributed by atoms with Gasteiger partial charge in [0.15, 0.2) is 0 Å². The maximum absolute atomic E-state index is 6.20. The molecule has 3 heteroatoms. The lowest BCUT2D eigenvalue weighted by molar-refractivity contribution is 0.259. The average Bonchev–Trinajstić information content (AvgIpc) is 2.15. The lowest BCUT2D eigenvalue weighted by Crippen LogP contribution is -2.27. The van der Waals surface area contributed by atoms with Gasteiger partial charge in [-0.1, -0.05) is 24.6 Å². The van der Waals surface area contributed by atoms with E-state index in [1.165, 1.54) is 19.3 Å². The van der Waals surface area contributed by atoms with Gasteiger partial charge >= 0.3 is 0 Å². The Balaban J connectivity index is 0.00000112. The fraction of sp³-hybridized carbons (Fsp3) is 0.500. The van der Waals surface area contributed by atoms with Gasteiger partial charge in [0.1, 0.15) is 5.75 Å². The van der Waals surface area contributed by atoms with Crippen molar-refractivity contribution in [2.75, 3.05) is 7.11 Å². The van der Waals surface area contributed by atoms with Crippen molar-refractivity contribution in [3.05, 3.63) is 29.8 Å². The summed E-state index contributed by atoms with van der Waals surface area (Å²) in [5.74, 6) is 1.58. The molecule has 84 valence electrons. The molecule has 1 aromatic carbocycles. The molecule has 0 unspecified atom stereocenters. The van der Waals surface area contributed by atoms with Crippen molar-refractivity contribution in [3.63, 3.8) is 0 Å². The van der Waals surface area contributed by atoms with Gasteiger partial charge in [0.25, 0.3) is 0 Å². The van der Waals surface area contributed by atoms with Crippen molar-refractivity contribution in [1.29, 1.82) is 0 Å². The van der Waals surface area contributed by atoms with Crippen LogP contribution in [0.3, 0.4) is 0 Å². The summed E-state index contributed by atoms with van der Waals surface area (Å²) in [5, 5.41) is 0. The van der Waals surface area contributed by atoms with E-state index in [4.69, 9.17) is 10.5 Å². The lowest BCUT2D eigenvalue weighted by atomic mass is 9.77. The molecule has 1 saturated carbocycles. The summed E-state index contributed by atoms with van der Waals surface area (Å²) >= 11 is 0. The summed E-state index contributed by atoms with van der Waals surface area (Å²) in [4.78, 5) is 0. The molecule has 0 saturated heterocycles. The van der Waals surface area contributed by atoms with E-state index in [9.17, 15) is 0 Å². The molecule has 0 radical (unpaired) electrons. The molecule has 0 bridgehead atoms. The number of hydrogen-bond donors (Lipinski definition) is 1. The van der Waals surface area contributed by atoms with Crippen LogP contribution in [0.1, 0.15) is 30.9 Å². The van der Waals surface area contributed by atoms with Crippen LogP contribution in [-0.4, -0.2) is 7.11 Å². The van der Waals surface area contributed by atoms with Gasteiger partial charge < -0.3 is 10.5 Å². The number of para-hydroxylation sites is 1. The average molecular weight is 228 g/mol. The molecule has 0 spiro atoms. The molecule has 0 aromatic heterocycles. The highest BCUT2D eigenvalue weighted by Gasteiger charge is 2.27. The molecule has 1 aliphatic rings. The molecule has 0 amide bonds. The van der Waals surface area contributed by atoms with Crippen LogP contribution in [0.2, 0.25) is 0 Å². The van der Waals surface area contributed by atoms with E-state index in [-0.39, 0.29) is 18.4 Å². The first-order valence-corrected chi connectivity index (χ1v) is 5.21. The first kappa shape index (κ1) is 12.3. The highest BCUT2D eigenvalue weighted by molar-refractivity contribution is 5.85. The minimum Gasteiger partial charge on any atom is -0.496 e. The summed E-state index contributed by atoms with van der Waals surface area (Å²) in [6, 6.07) is 8.21. The van der Waals surface area contributed by atoms with Gasteiger partial charge in [-0.3, -0.25) is 0 Å². The number of hydrogen-bond acceptors (Lipinski definition) is 2. The highest BCUT2D eigenvalue weighted by atomic mass is 35.5. The standard InChI is InChI=1S/C12H17NO.ClH/c1-14-11-8-3-2-7-10(11)12(13)9-5-4-6-9;/h2-3,7-9,12H,4-6,13H2,1H3;1H/t12-;/m1./s1. The van der Waals surface area contributed by atoms with E-state index in [1.54, 1.807) is 7.11 Å². The SMILES string of the molecule is COc1ccccc1[C@H](N)C1CCC1.Cl. The molecule has 1 aromatic rings.